The maximum atomic E-state index is 4.31. The van der Waals surface area contributed by atoms with E-state index in [1.54, 1.807) is 0 Å². The van der Waals surface area contributed by atoms with Gasteiger partial charge in [0.15, 0.2) is 0 Å². The van der Waals surface area contributed by atoms with Gasteiger partial charge in [-0.15, -0.1) is 5.10 Å². The van der Waals surface area contributed by atoms with Crippen molar-refractivity contribution in [2.24, 2.45) is 0 Å². The highest BCUT2D eigenvalue weighted by atomic mass is 15.5. The summed E-state index contributed by atoms with van der Waals surface area (Å²) in [5.41, 5.74) is 9.87. The van der Waals surface area contributed by atoms with Crippen molar-refractivity contribution in [1.29, 1.82) is 0 Å². The van der Waals surface area contributed by atoms with Crippen molar-refractivity contribution in [1.82, 2.24) is 30.7 Å². The fraction of sp³-hybridized carbons (Fsp3) is 0.529. The SMILES string of the molecule is CC1CC(Cn2cc(-c3ccc(C(C)N(C)C)cc3)nn2)NN1. The summed E-state index contributed by atoms with van der Waals surface area (Å²) in [5, 5.41) is 8.57. The molecule has 2 N–H and O–H groups in total. The molecule has 3 atom stereocenters. The molecule has 0 radical (unpaired) electrons. The van der Waals surface area contributed by atoms with Crippen molar-refractivity contribution in [3.63, 3.8) is 0 Å². The lowest BCUT2D eigenvalue weighted by molar-refractivity contribution is 0.321. The first kappa shape index (κ1) is 16.1. The van der Waals surface area contributed by atoms with Crippen LogP contribution in [0.25, 0.3) is 11.3 Å². The Morgan fingerprint density at radius 3 is 2.61 bits per heavy atom. The summed E-state index contributed by atoms with van der Waals surface area (Å²) < 4.78 is 1.92. The second kappa shape index (κ2) is 6.78. The zero-order valence-corrected chi connectivity index (χ0v) is 14.3. The van der Waals surface area contributed by atoms with Crippen LogP contribution in [0.4, 0.5) is 0 Å². The molecule has 3 unspecified atom stereocenters. The Bertz CT molecular complexity index is 633. The van der Waals surface area contributed by atoms with Gasteiger partial charge in [0.05, 0.1) is 12.7 Å². The monoisotopic (exact) mass is 314 g/mol. The number of benzene rings is 1. The third-order valence-corrected chi connectivity index (χ3v) is 4.58. The Morgan fingerprint density at radius 1 is 1.26 bits per heavy atom. The molecule has 1 aromatic carbocycles. The summed E-state index contributed by atoms with van der Waals surface area (Å²) in [7, 11) is 4.19. The summed E-state index contributed by atoms with van der Waals surface area (Å²) in [6.07, 6.45) is 3.13. The average Bonchev–Trinajstić information content (AvgIpc) is 3.16. The Morgan fingerprint density at radius 2 is 2.00 bits per heavy atom. The minimum absolute atomic E-state index is 0.405. The van der Waals surface area contributed by atoms with Crippen molar-refractivity contribution >= 4 is 0 Å². The minimum Gasteiger partial charge on any atom is -0.303 e. The van der Waals surface area contributed by atoms with Gasteiger partial charge in [0.25, 0.3) is 0 Å². The quantitative estimate of drug-likeness (QED) is 0.882. The van der Waals surface area contributed by atoms with Crippen molar-refractivity contribution in [2.75, 3.05) is 14.1 Å². The van der Waals surface area contributed by atoms with Gasteiger partial charge in [0, 0.05) is 23.7 Å². The van der Waals surface area contributed by atoms with Gasteiger partial charge in [-0.1, -0.05) is 29.5 Å². The highest BCUT2D eigenvalue weighted by Gasteiger charge is 2.20. The van der Waals surface area contributed by atoms with Gasteiger partial charge in [-0.2, -0.15) is 0 Å². The highest BCUT2D eigenvalue weighted by molar-refractivity contribution is 5.58. The Labute approximate surface area is 137 Å². The number of hydrazine groups is 1. The van der Waals surface area contributed by atoms with Gasteiger partial charge in [0.1, 0.15) is 5.69 Å². The van der Waals surface area contributed by atoms with Crippen LogP contribution in [0.5, 0.6) is 0 Å². The lowest BCUT2D eigenvalue weighted by Gasteiger charge is -2.20. The van der Waals surface area contributed by atoms with Gasteiger partial charge in [-0.25, -0.2) is 0 Å². The van der Waals surface area contributed by atoms with Crippen LogP contribution in [0.1, 0.15) is 31.9 Å². The van der Waals surface area contributed by atoms with Crippen LogP contribution in [-0.2, 0) is 6.54 Å². The van der Waals surface area contributed by atoms with Gasteiger partial charge in [-0.3, -0.25) is 15.5 Å². The highest BCUT2D eigenvalue weighted by Crippen LogP contribution is 2.22. The first-order valence-electron chi connectivity index (χ1n) is 8.21. The van der Waals surface area contributed by atoms with E-state index in [4.69, 9.17) is 0 Å². The molecule has 0 bridgehead atoms. The molecule has 1 aliphatic heterocycles. The lowest BCUT2D eigenvalue weighted by Crippen LogP contribution is -2.34. The topological polar surface area (TPSA) is 58.0 Å². The maximum Gasteiger partial charge on any atom is 0.113 e. The molecule has 0 spiro atoms. The van der Waals surface area contributed by atoms with E-state index >= 15 is 0 Å². The molecule has 1 aromatic heterocycles. The smallest absolute Gasteiger partial charge is 0.113 e. The molecular formula is C17H26N6. The molecule has 0 aliphatic carbocycles. The molecule has 3 rings (SSSR count). The summed E-state index contributed by atoms with van der Waals surface area (Å²) in [4.78, 5) is 2.20. The van der Waals surface area contributed by atoms with Crippen molar-refractivity contribution in [3.05, 3.63) is 36.0 Å². The number of nitrogens with zero attached hydrogens (tertiary/aromatic N) is 4. The number of rotatable bonds is 5. The van der Waals surface area contributed by atoms with Gasteiger partial charge >= 0.3 is 0 Å². The van der Waals surface area contributed by atoms with Crippen molar-refractivity contribution < 1.29 is 0 Å². The van der Waals surface area contributed by atoms with Gasteiger partial charge < -0.3 is 4.90 Å². The first-order valence-corrected chi connectivity index (χ1v) is 8.21. The van der Waals surface area contributed by atoms with Crippen LogP contribution in [0.2, 0.25) is 0 Å². The Balaban J connectivity index is 1.68. The van der Waals surface area contributed by atoms with Gasteiger partial charge in [-0.05, 0) is 39.9 Å². The minimum atomic E-state index is 0.405. The lowest BCUT2D eigenvalue weighted by atomic mass is 10.0. The van der Waals surface area contributed by atoms with Crippen LogP contribution in [0.15, 0.2) is 30.5 Å². The van der Waals surface area contributed by atoms with E-state index in [-0.39, 0.29) is 0 Å². The largest absolute Gasteiger partial charge is 0.303 e. The van der Waals surface area contributed by atoms with Crippen LogP contribution in [0, 0.1) is 0 Å². The standard InChI is InChI=1S/C17H26N6/c1-12-9-16(19-18-12)10-23-11-17(20-21-23)15-7-5-14(6-8-15)13(2)22(3)4/h5-8,11-13,16,18-19H,9-10H2,1-4H3. The number of aromatic nitrogens is 3. The number of hydrogen-bond acceptors (Lipinski definition) is 5. The Kier molecular flexibility index (Phi) is 4.75. The summed E-state index contributed by atoms with van der Waals surface area (Å²) in [6, 6.07) is 9.91. The average molecular weight is 314 g/mol. The second-order valence-electron chi connectivity index (χ2n) is 6.71. The molecule has 6 heteroatoms. The van der Waals surface area contributed by atoms with Crippen molar-refractivity contribution in [2.45, 2.75) is 44.9 Å². The van der Waals surface area contributed by atoms with Crippen LogP contribution in [0.3, 0.4) is 0 Å². The molecule has 1 aliphatic rings. The Hall–Kier alpha value is -1.76. The zero-order chi connectivity index (χ0) is 16.4. The van der Waals surface area contributed by atoms with E-state index in [0.717, 1.165) is 24.2 Å². The first-order chi connectivity index (χ1) is 11.0. The predicted molar refractivity (Wildman–Crippen MR) is 91.7 cm³/mol. The third kappa shape index (κ3) is 3.77. The molecule has 1 saturated heterocycles. The van der Waals surface area contributed by atoms with E-state index in [1.807, 2.05) is 10.9 Å². The molecule has 124 valence electrons. The molecule has 1 fully saturated rings. The van der Waals surface area contributed by atoms with Gasteiger partial charge in [0.2, 0.25) is 0 Å². The molecule has 6 nitrogen and oxygen atoms in total. The van der Waals surface area contributed by atoms with Crippen molar-refractivity contribution in [3.8, 4) is 11.3 Å². The molecule has 0 amide bonds. The fourth-order valence-corrected chi connectivity index (χ4v) is 2.90. The fourth-order valence-electron chi connectivity index (χ4n) is 2.90. The predicted octanol–water partition coefficient (Wildman–Crippen LogP) is 1.82. The third-order valence-electron chi connectivity index (χ3n) is 4.58. The van der Waals surface area contributed by atoms with E-state index in [2.05, 4.69) is 78.3 Å². The van der Waals surface area contributed by atoms with E-state index < -0.39 is 0 Å². The maximum absolute atomic E-state index is 4.31. The number of hydrogen-bond donors (Lipinski definition) is 2. The van der Waals surface area contributed by atoms with E-state index in [0.29, 0.717) is 18.1 Å². The normalized spacial score (nSPS) is 22.7. The van der Waals surface area contributed by atoms with Crippen LogP contribution < -0.4 is 10.9 Å². The molecule has 2 heterocycles. The molecule has 2 aromatic rings. The van der Waals surface area contributed by atoms with Crippen LogP contribution in [-0.4, -0.2) is 46.1 Å². The zero-order valence-electron chi connectivity index (χ0n) is 14.3. The number of nitrogens with one attached hydrogen (secondary N) is 2. The van der Waals surface area contributed by atoms with E-state index in [1.165, 1.54) is 5.56 Å². The van der Waals surface area contributed by atoms with E-state index in [9.17, 15) is 0 Å². The van der Waals surface area contributed by atoms with Crippen LogP contribution >= 0.6 is 0 Å². The summed E-state index contributed by atoms with van der Waals surface area (Å²) >= 11 is 0. The molecular weight excluding hydrogens is 288 g/mol. The molecule has 0 saturated carbocycles. The second-order valence-corrected chi connectivity index (χ2v) is 6.71. The molecule has 23 heavy (non-hydrogen) atoms. The summed E-state index contributed by atoms with van der Waals surface area (Å²) in [6.45, 7) is 5.21. The summed E-state index contributed by atoms with van der Waals surface area (Å²) in [5.74, 6) is 0.